The Labute approximate surface area is 191 Å². The number of carbonyl (C=O) groups excluding carboxylic acids is 1. The van der Waals surface area contributed by atoms with Crippen LogP contribution in [0.3, 0.4) is 0 Å². The highest BCUT2D eigenvalue weighted by atomic mass is 16.2. The minimum atomic E-state index is -0.450. The van der Waals surface area contributed by atoms with Crippen LogP contribution in [0.4, 0.5) is 0 Å². The fourth-order valence-corrected chi connectivity index (χ4v) is 5.00. The molecule has 5 nitrogen and oxygen atoms in total. The fraction of sp³-hybridized carbons (Fsp3) is 0.370. The first-order chi connectivity index (χ1) is 15.5. The molecule has 1 unspecified atom stereocenters. The zero-order chi connectivity index (χ0) is 22.6. The van der Waals surface area contributed by atoms with E-state index in [-0.39, 0.29) is 5.91 Å². The Bertz CT molecular complexity index is 1070. The predicted octanol–water partition coefficient (Wildman–Crippen LogP) is 4.37. The monoisotopic (exact) mass is 428 g/mol. The Morgan fingerprint density at radius 3 is 2.59 bits per heavy atom. The van der Waals surface area contributed by atoms with Crippen molar-refractivity contribution in [1.82, 2.24) is 19.8 Å². The molecule has 1 aliphatic heterocycles. The van der Waals surface area contributed by atoms with Crippen LogP contribution in [-0.2, 0) is 17.8 Å². The van der Waals surface area contributed by atoms with Crippen molar-refractivity contribution in [3.05, 3.63) is 83.9 Å². The van der Waals surface area contributed by atoms with E-state index < -0.39 is 5.41 Å². The largest absolute Gasteiger partial charge is 0.348 e. The number of hydrogen-bond donors (Lipinski definition) is 0. The first-order valence-corrected chi connectivity index (χ1v) is 11.3. The smallest absolute Gasteiger partial charge is 0.229 e. The number of likely N-dealkylation sites (tertiary alicyclic amines) is 1. The lowest BCUT2D eigenvalue weighted by Crippen LogP contribution is -2.52. The maximum absolute atomic E-state index is 13.6. The van der Waals surface area contributed by atoms with Crippen molar-refractivity contribution in [3.8, 4) is 11.1 Å². The fourth-order valence-electron chi connectivity index (χ4n) is 5.00. The van der Waals surface area contributed by atoms with Crippen LogP contribution in [0.25, 0.3) is 11.1 Å². The second-order valence-electron chi connectivity index (χ2n) is 9.13. The molecule has 0 saturated carbocycles. The normalized spacial score (nSPS) is 19.0. The van der Waals surface area contributed by atoms with Gasteiger partial charge in [0.15, 0.2) is 0 Å². The third-order valence-corrected chi connectivity index (χ3v) is 6.38. The van der Waals surface area contributed by atoms with Crippen molar-refractivity contribution in [3.63, 3.8) is 0 Å². The summed E-state index contributed by atoms with van der Waals surface area (Å²) in [5.41, 5.74) is 5.17. The molecule has 1 atom stereocenters. The van der Waals surface area contributed by atoms with Crippen molar-refractivity contribution < 1.29 is 4.79 Å². The summed E-state index contributed by atoms with van der Waals surface area (Å²) in [6, 6.07) is 18.7. The molecule has 4 rings (SSSR count). The second kappa shape index (κ2) is 9.61. The summed E-state index contributed by atoms with van der Waals surface area (Å²) in [6.45, 7) is 4.53. The lowest BCUT2D eigenvalue weighted by molar-refractivity contribution is -0.143. The van der Waals surface area contributed by atoms with Crippen LogP contribution in [-0.4, -0.2) is 52.9 Å². The Hall–Kier alpha value is -3.05. The molecule has 1 amide bonds. The molecule has 0 aliphatic carbocycles. The van der Waals surface area contributed by atoms with Crippen molar-refractivity contribution >= 4 is 5.91 Å². The maximum atomic E-state index is 13.6. The van der Waals surface area contributed by atoms with Gasteiger partial charge in [-0.05, 0) is 73.7 Å². The number of piperidine rings is 1. The maximum Gasteiger partial charge on any atom is 0.229 e. The number of hydrogen-bond acceptors (Lipinski definition) is 4. The highest BCUT2D eigenvalue weighted by Gasteiger charge is 2.43. The zero-order valence-corrected chi connectivity index (χ0v) is 19.3. The van der Waals surface area contributed by atoms with E-state index in [0.29, 0.717) is 0 Å². The molecule has 1 aliphatic rings. The van der Waals surface area contributed by atoms with E-state index in [1.807, 2.05) is 51.6 Å². The van der Waals surface area contributed by atoms with Gasteiger partial charge in [-0.25, -0.2) is 0 Å². The molecule has 32 heavy (non-hydrogen) atoms. The number of aromatic nitrogens is 2. The molecule has 5 heteroatoms. The molecule has 2 aromatic heterocycles. The number of benzene rings is 1. The van der Waals surface area contributed by atoms with Crippen LogP contribution in [0.15, 0.2) is 67.0 Å². The minimum absolute atomic E-state index is 0.212. The van der Waals surface area contributed by atoms with Gasteiger partial charge < -0.3 is 4.90 Å². The van der Waals surface area contributed by atoms with E-state index in [2.05, 4.69) is 51.3 Å². The molecule has 0 radical (unpaired) electrons. The zero-order valence-electron chi connectivity index (χ0n) is 19.3. The van der Waals surface area contributed by atoms with Gasteiger partial charge in [0.2, 0.25) is 5.91 Å². The molecule has 166 valence electrons. The number of pyridine rings is 2. The molecule has 1 aromatic carbocycles. The average Bonchev–Trinajstić information content (AvgIpc) is 2.80. The Morgan fingerprint density at radius 2 is 1.84 bits per heavy atom. The molecule has 3 heterocycles. The standard InChI is InChI=1S/C27H32N4O/c1-21-8-6-10-24(29-21)19-31-17-7-14-27(20-31,26(32)30(2)3)18-23-9-4-5-11-25(23)22-12-15-28-16-13-22/h4-6,8-13,15-16H,7,14,17-20H2,1-3H3. The molecule has 0 spiro atoms. The minimum Gasteiger partial charge on any atom is -0.348 e. The lowest BCUT2D eigenvalue weighted by Gasteiger charge is -2.43. The van der Waals surface area contributed by atoms with E-state index >= 15 is 0 Å². The lowest BCUT2D eigenvalue weighted by atomic mass is 9.73. The van der Waals surface area contributed by atoms with E-state index in [1.165, 1.54) is 11.1 Å². The van der Waals surface area contributed by atoms with Crippen molar-refractivity contribution in [2.45, 2.75) is 32.7 Å². The van der Waals surface area contributed by atoms with Crippen molar-refractivity contribution in [1.29, 1.82) is 0 Å². The third kappa shape index (κ3) is 4.89. The van der Waals surface area contributed by atoms with Gasteiger partial charge in [0.05, 0.1) is 11.1 Å². The highest BCUT2D eigenvalue weighted by molar-refractivity contribution is 5.83. The van der Waals surface area contributed by atoms with Crippen molar-refractivity contribution in [2.75, 3.05) is 27.2 Å². The van der Waals surface area contributed by atoms with E-state index in [4.69, 9.17) is 0 Å². The SMILES string of the molecule is Cc1cccc(CN2CCCC(Cc3ccccc3-c3ccncc3)(C(=O)N(C)C)C2)n1. The predicted molar refractivity (Wildman–Crippen MR) is 128 cm³/mol. The van der Waals surface area contributed by atoms with Crippen LogP contribution in [0.5, 0.6) is 0 Å². The molecule has 0 N–H and O–H groups in total. The van der Waals surface area contributed by atoms with Crippen LogP contribution in [0.1, 0.15) is 29.8 Å². The van der Waals surface area contributed by atoms with Gasteiger partial charge in [-0.3, -0.25) is 19.7 Å². The third-order valence-electron chi connectivity index (χ3n) is 6.38. The Balaban J connectivity index is 1.65. The molecule has 1 fully saturated rings. The van der Waals surface area contributed by atoms with E-state index in [9.17, 15) is 4.79 Å². The van der Waals surface area contributed by atoms with Gasteiger partial charge in [-0.1, -0.05) is 30.3 Å². The number of carbonyl (C=O) groups is 1. The molecule has 0 bridgehead atoms. The summed E-state index contributed by atoms with van der Waals surface area (Å²) < 4.78 is 0. The number of aryl methyl sites for hydroxylation is 1. The van der Waals surface area contributed by atoms with Gasteiger partial charge in [-0.2, -0.15) is 0 Å². The second-order valence-corrected chi connectivity index (χ2v) is 9.13. The average molecular weight is 429 g/mol. The Morgan fingerprint density at radius 1 is 1.06 bits per heavy atom. The first kappa shape index (κ1) is 22.2. The molecular weight excluding hydrogens is 396 g/mol. The van der Waals surface area contributed by atoms with Crippen LogP contribution in [0.2, 0.25) is 0 Å². The van der Waals surface area contributed by atoms with Gasteiger partial charge in [-0.15, -0.1) is 0 Å². The van der Waals surface area contributed by atoms with Crippen molar-refractivity contribution in [2.24, 2.45) is 5.41 Å². The molecule has 3 aromatic rings. The summed E-state index contributed by atoms with van der Waals surface area (Å²) >= 11 is 0. The highest BCUT2D eigenvalue weighted by Crippen LogP contribution is 2.38. The summed E-state index contributed by atoms with van der Waals surface area (Å²) in [5, 5.41) is 0. The van der Waals surface area contributed by atoms with Crippen LogP contribution in [0, 0.1) is 12.3 Å². The van der Waals surface area contributed by atoms with Crippen LogP contribution < -0.4 is 0 Å². The molecule has 1 saturated heterocycles. The van der Waals surface area contributed by atoms with Gasteiger partial charge >= 0.3 is 0 Å². The number of rotatable bonds is 6. The Kier molecular flexibility index (Phi) is 6.66. The van der Waals surface area contributed by atoms with E-state index in [0.717, 1.165) is 55.8 Å². The van der Waals surface area contributed by atoms with Gasteiger partial charge in [0.25, 0.3) is 0 Å². The van der Waals surface area contributed by atoms with Gasteiger partial charge in [0, 0.05) is 45.3 Å². The number of amides is 1. The summed E-state index contributed by atoms with van der Waals surface area (Å²) in [7, 11) is 3.75. The summed E-state index contributed by atoms with van der Waals surface area (Å²) in [6.07, 6.45) is 6.27. The number of nitrogens with zero attached hydrogens (tertiary/aromatic N) is 4. The topological polar surface area (TPSA) is 49.3 Å². The molecular formula is C27H32N4O. The van der Waals surface area contributed by atoms with E-state index in [1.54, 1.807) is 4.90 Å². The summed E-state index contributed by atoms with van der Waals surface area (Å²) in [4.78, 5) is 26.6. The first-order valence-electron chi connectivity index (χ1n) is 11.3. The van der Waals surface area contributed by atoms with Gasteiger partial charge in [0.1, 0.15) is 0 Å². The summed E-state index contributed by atoms with van der Waals surface area (Å²) in [5.74, 6) is 0.212. The van der Waals surface area contributed by atoms with Crippen LogP contribution >= 0.6 is 0 Å². The quantitative estimate of drug-likeness (QED) is 0.585.